The van der Waals surface area contributed by atoms with Gasteiger partial charge in [0.15, 0.2) is 15.6 Å². The number of phenolic OH excluding ortho intramolecular Hbond substituents is 1. The molecule has 150 valence electrons. The molecule has 1 fully saturated rings. The Balaban J connectivity index is 1.54. The Morgan fingerprint density at radius 1 is 1.29 bits per heavy atom. The van der Waals surface area contributed by atoms with Gasteiger partial charge in [-0.25, -0.2) is 13.2 Å². The first kappa shape index (κ1) is 19.1. The monoisotopic (exact) mass is 424 g/mol. The average molecular weight is 425 g/mol. The molecule has 1 aromatic heterocycles. The number of aromatic hydroxyl groups is 1. The van der Waals surface area contributed by atoms with Crippen LogP contribution in [-0.2, 0) is 16.3 Å². The van der Waals surface area contributed by atoms with E-state index in [1.54, 1.807) is 0 Å². The third kappa shape index (κ3) is 3.46. The minimum Gasteiger partial charge on any atom is -0.504 e. The summed E-state index contributed by atoms with van der Waals surface area (Å²) in [5, 5.41) is 15.3. The Morgan fingerprint density at radius 3 is 2.75 bits per heavy atom. The van der Waals surface area contributed by atoms with Crippen LogP contribution in [0.3, 0.4) is 0 Å². The number of aryl methyl sites for hydroxylation is 2. The van der Waals surface area contributed by atoms with Crippen molar-refractivity contribution in [3.63, 3.8) is 0 Å². The quantitative estimate of drug-likeness (QED) is 0.640. The lowest BCUT2D eigenvalue weighted by molar-refractivity contribution is 0.243. The van der Waals surface area contributed by atoms with Crippen LogP contribution in [0.4, 0.5) is 10.5 Å². The van der Waals surface area contributed by atoms with Crippen molar-refractivity contribution in [3.05, 3.63) is 40.3 Å². The highest BCUT2D eigenvalue weighted by molar-refractivity contribution is 7.92. The number of fused-ring (bicyclic) bond motifs is 1. The Labute approximate surface area is 168 Å². The molecule has 9 heteroatoms. The second-order valence-electron chi connectivity index (χ2n) is 7.31. The number of urea groups is 1. The minimum absolute atomic E-state index is 0.00668. The first-order chi connectivity index (χ1) is 13.3. The largest absolute Gasteiger partial charge is 0.504 e. The number of phenols is 1. The van der Waals surface area contributed by atoms with Gasteiger partial charge < -0.3 is 20.2 Å². The number of halogens is 1. The molecule has 2 amide bonds. The van der Waals surface area contributed by atoms with Crippen LogP contribution >= 0.6 is 11.6 Å². The number of amides is 2. The standard InChI is InChI=1S/C19H21ClN2O5S/c1-10-9-11-3-2-4-15(17(11)27-10)22-19(24)21-14-8-7-13(20)18(16(14)23)28(25,26)12-5-6-12/h7-9,12,15,23H,2-6H2,1H3,(H2,21,22,24). The van der Waals surface area contributed by atoms with E-state index in [9.17, 15) is 18.3 Å². The van der Waals surface area contributed by atoms with Crippen molar-refractivity contribution < 1.29 is 22.7 Å². The second-order valence-corrected chi connectivity index (χ2v) is 9.88. The maximum Gasteiger partial charge on any atom is 0.319 e. The van der Waals surface area contributed by atoms with Gasteiger partial charge in [-0.2, -0.15) is 0 Å². The van der Waals surface area contributed by atoms with Gasteiger partial charge in [0.1, 0.15) is 16.4 Å². The normalized spacial score (nSPS) is 19.1. The highest BCUT2D eigenvalue weighted by Crippen LogP contribution is 2.43. The molecule has 1 atom stereocenters. The molecule has 0 spiro atoms. The molecule has 2 aromatic rings. The third-order valence-corrected chi connectivity index (χ3v) is 7.86. The summed E-state index contributed by atoms with van der Waals surface area (Å²) in [6.07, 6.45) is 3.66. The van der Waals surface area contributed by atoms with Crippen molar-refractivity contribution in [1.29, 1.82) is 0 Å². The number of nitrogens with one attached hydrogen (secondary N) is 2. The van der Waals surface area contributed by atoms with Gasteiger partial charge in [-0.3, -0.25) is 0 Å². The molecule has 0 bridgehead atoms. The number of anilines is 1. The zero-order chi connectivity index (χ0) is 20.1. The van der Waals surface area contributed by atoms with Crippen molar-refractivity contribution >= 4 is 33.2 Å². The van der Waals surface area contributed by atoms with Gasteiger partial charge in [0.05, 0.1) is 22.0 Å². The Kier molecular flexibility index (Phi) is 4.79. The molecular weight excluding hydrogens is 404 g/mol. The van der Waals surface area contributed by atoms with Gasteiger partial charge in [0.2, 0.25) is 0 Å². The Bertz CT molecular complexity index is 1040. The summed E-state index contributed by atoms with van der Waals surface area (Å²) in [7, 11) is -3.72. The van der Waals surface area contributed by atoms with Crippen molar-refractivity contribution in [3.8, 4) is 5.75 Å². The van der Waals surface area contributed by atoms with E-state index in [1.165, 1.54) is 12.1 Å². The van der Waals surface area contributed by atoms with E-state index in [2.05, 4.69) is 10.6 Å². The molecule has 3 N–H and O–H groups in total. The SMILES string of the molecule is Cc1cc2c(o1)C(NC(=O)Nc1ccc(Cl)c(S(=O)(=O)C3CC3)c1O)CCC2. The fraction of sp³-hybridized carbons (Fsp3) is 0.421. The van der Waals surface area contributed by atoms with Crippen molar-refractivity contribution in [1.82, 2.24) is 5.32 Å². The highest BCUT2D eigenvalue weighted by atomic mass is 35.5. The summed E-state index contributed by atoms with van der Waals surface area (Å²) < 4.78 is 30.8. The van der Waals surface area contributed by atoms with Crippen LogP contribution in [0.25, 0.3) is 0 Å². The predicted octanol–water partition coefficient (Wildman–Crippen LogP) is 4.08. The number of carbonyl (C=O) groups excluding carboxylic acids is 1. The molecule has 1 saturated carbocycles. The van der Waals surface area contributed by atoms with Crippen LogP contribution in [0.15, 0.2) is 27.5 Å². The number of benzene rings is 1. The lowest BCUT2D eigenvalue weighted by Crippen LogP contribution is -2.34. The number of furan rings is 1. The Hall–Kier alpha value is -2.19. The fourth-order valence-corrected chi connectivity index (χ4v) is 5.90. The summed E-state index contributed by atoms with van der Waals surface area (Å²) in [6.45, 7) is 1.86. The molecule has 7 nitrogen and oxygen atoms in total. The van der Waals surface area contributed by atoms with Crippen molar-refractivity contribution in [2.75, 3.05) is 5.32 Å². The molecule has 1 heterocycles. The molecule has 28 heavy (non-hydrogen) atoms. The number of sulfone groups is 1. The van der Waals surface area contributed by atoms with E-state index in [0.717, 1.165) is 36.3 Å². The first-order valence-corrected chi connectivity index (χ1v) is 11.1. The fourth-order valence-electron chi connectivity index (χ4n) is 3.62. The van der Waals surface area contributed by atoms with E-state index in [1.807, 2.05) is 13.0 Å². The topological polar surface area (TPSA) is 109 Å². The summed E-state index contributed by atoms with van der Waals surface area (Å²) in [5.74, 6) is 1.01. The van der Waals surface area contributed by atoms with Crippen molar-refractivity contribution in [2.45, 2.75) is 55.2 Å². The van der Waals surface area contributed by atoms with Gasteiger partial charge >= 0.3 is 6.03 Å². The maximum absolute atomic E-state index is 12.5. The highest BCUT2D eigenvalue weighted by Gasteiger charge is 2.40. The van der Waals surface area contributed by atoms with Crippen LogP contribution in [0.2, 0.25) is 5.02 Å². The zero-order valence-electron chi connectivity index (χ0n) is 15.3. The Morgan fingerprint density at radius 2 is 2.04 bits per heavy atom. The maximum atomic E-state index is 12.5. The van der Waals surface area contributed by atoms with Crippen LogP contribution in [0, 0.1) is 6.92 Å². The summed E-state index contributed by atoms with van der Waals surface area (Å²) in [5.41, 5.74) is 1.08. The number of rotatable bonds is 4. The van der Waals surface area contributed by atoms with E-state index < -0.39 is 26.9 Å². The molecular formula is C19H21ClN2O5S. The van der Waals surface area contributed by atoms with Gasteiger partial charge in [-0.1, -0.05) is 11.6 Å². The molecule has 0 aliphatic heterocycles. The third-order valence-electron chi connectivity index (χ3n) is 5.11. The molecule has 1 aromatic carbocycles. The molecule has 1 unspecified atom stereocenters. The summed E-state index contributed by atoms with van der Waals surface area (Å²) in [6, 6.07) is 3.88. The molecule has 2 aliphatic carbocycles. The lowest BCUT2D eigenvalue weighted by atomic mass is 9.94. The molecule has 0 saturated heterocycles. The number of hydrogen-bond donors (Lipinski definition) is 3. The van der Waals surface area contributed by atoms with E-state index in [0.29, 0.717) is 12.8 Å². The van der Waals surface area contributed by atoms with Gasteiger partial charge in [0.25, 0.3) is 0 Å². The summed E-state index contributed by atoms with van der Waals surface area (Å²) in [4.78, 5) is 12.2. The van der Waals surface area contributed by atoms with Crippen LogP contribution in [0.5, 0.6) is 5.75 Å². The van der Waals surface area contributed by atoms with Crippen molar-refractivity contribution in [2.24, 2.45) is 0 Å². The van der Waals surface area contributed by atoms with E-state index >= 15 is 0 Å². The molecule has 0 radical (unpaired) electrons. The van der Waals surface area contributed by atoms with Crippen LogP contribution in [-0.4, -0.2) is 24.8 Å². The number of carbonyl (C=O) groups is 1. The predicted molar refractivity (Wildman–Crippen MR) is 105 cm³/mol. The van der Waals surface area contributed by atoms with Gasteiger partial charge in [0, 0.05) is 0 Å². The second kappa shape index (κ2) is 7.00. The minimum atomic E-state index is -3.72. The summed E-state index contributed by atoms with van der Waals surface area (Å²) >= 11 is 6.03. The van der Waals surface area contributed by atoms with Crippen LogP contribution in [0.1, 0.15) is 48.8 Å². The lowest BCUT2D eigenvalue weighted by Gasteiger charge is -2.22. The van der Waals surface area contributed by atoms with E-state index in [-0.39, 0.29) is 21.6 Å². The van der Waals surface area contributed by atoms with Crippen LogP contribution < -0.4 is 10.6 Å². The number of hydrogen-bond acceptors (Lipinski definition) is 5. The zero-order valence-corrected chi connectivity index (χ0v) is 16.9. The van der Waals surface area contributed by atoms with E-state index in [4.69, 9.17) is 16.0 Å². The van der Waals surface area contributed by atoms with Gasteiger partial charge in [-0.15, -0.1) is 0 Å². The average Bonchev–Trinajstić information content (AvgIpc) is 3.40. The van der Waals surface area contributed by atoms with Gasteiger partial charge in [-0.05, 0) is 62.8 Å². The smallest absolute Gasteiger partial charge is 0.319 e. The first-order valence-electron chi connectivity index (χ1n) is 9.19. The molecule has 4 rings (SSSR count). The molecule has 2 aliphatic rings.